The quantitative estimate of drug-likeness (QED) is 0.334. The standard InChI is InChI=1S/C25H20BrClN2O3/c1-32-19-9-7-18(8-10-19)29-22-11-4-16(26)14-21(22)20-12-13-28(25(30)31)23(24(20)29)15-2-5-17(27)6-3-15/h2-11,14,23H,12-13H2,1H3,(H,30,31)/t23-/m0/s1. The molecule has 1 aromatic heterocycles. The number of halogens is 2. The second-order valence-electron chi connectivity index (χ2n) is 7.74. The molecule has 5 rings (SSSR count). The fraction of sp³-hybridized carbons (Fsp3) is 0.160. The highest BCUT2D eigenvalue weighted by atomic mass is 79.9. The van der Waals surface area contributed by atoms with Crippen molar-refractivity contribution in [2.24, 2.45) is 0 Å². The summed E-state index contributed by atoms with van der Waals surface area (Å²) in [6.45, 7) is 0.421. The van der Waals surface area contributed by atoms with Crippen molar-refractivity contribution in [2.45, 2.75) is 12.5 Å². The molecular weight excluding hydrogens is 492 g/mol. The summed E-state index contributed by atoms with van der Waals surface area (Å²) in [4.78, 5) is 13.8. The summed E-state index contributed by atoms with van der Waals surface area (Å²) in [6, 6.07) is 21.0. The van der Waals surface area contributed by atoms with Gasteiger partial charge in [0.15, 0.2) is 0 Å². The molecule has 1 aliphatic rings. The summed E-state index contributed by atoms with van der Waals surface area (Å²) in [6.07, 6.45) is -0.301. The van der Waals surface area contributed by atoms with E-state index in [0.29, 0.717) is 18.0 Å². The normalized spacial score (nSPS) is 15.6. The van der Waals surface area contributed by atoms with Crippen LogP contribution in [-0.2, 0) is 6.42 Å². The summed E-state index contributed by atoms with van der Waals surface area (Å²) in [5.74, 6) is 0.767. The summed E-state index contributed by atoms with van der Waals surface area (Å²) in [7, 11) is 1.64. The number of nitrogens with zero attached hydrogens (tertiary/aromatic N) is 2. The lowest BCUT2D eigenvalue weighted by Crippen LogP contribution is -2.40. The number of hydrogen-bond acceptors (Lipinski definition) is 2. The average molecular weight is 512 g/mol. The van der Waals surface area contributed by atoms with Crippen LogP contribution < -0.4 is 4.74 Å². The predicted octanol–water partition coefficient (Wildman–Crippen LogP) is 6.68. The Kier molecular flexibility index (Phi) is 5.35. The van der Waals surface area contributed by atoms with Gasteiger partial charge in [0, 0.05) is 27.1 Å². The molecule has 0 fully saturated rings. The van der Waals surface area contributed by atoms with E-state index in [9.17, 15) is 9.90 Å². The molecule has 32 heavy (non-hydrogen) atoms. The van der Waals surface area contributed by atoms with Crippen molar-refractivity contribution in [1.29, 1.82) is 0 Å². The third kappa shape index (κ3) is 3.44. The minimum Gasteiger partial charge on any atom is -0.497 e. The number of aromatic nitrogens is 1. The zero-order valence-corrected chi connectivity index (χ0v) is 19.6. The van der Waals surface area contributed by atoms with Gasteiger partial charge in [-0.3, -0.25) is 4.90 Å². The molecule has 0 saturated carbocycles. The topological polar surface area (TPSA) is 54.7 Å². The zero-order valence-electron chi connectivity index (χ0n) is 17.3. The molecule has 1 N–H and O–H groups in total. The van der Waals surface area contributed by atoms with E-state index >= 15 is 0 Å². The molecule has 1 amide bonds. The first-order chi connectivity index (χ1) is 15.5. The van der Waals surface area contributed by atoms with Crippen LogP contribution in [0.3, 0.4) is 0 Å². The maximum absolute atomic E-state index is 12.3. The van der Waals surface area contributed by atoms with E-state index in [4.69, 9.17) is 16.3 Å². The van der Waals surface area contributed by atoms with Gasteiger partial charge in [0.1, 0.15) is 11.8 Å². The average Bonchev–Trinajstić information content (AvgIpc) is 3.12. The Morgan fingerprint density at radius 1 is 1.09 bits per heavy atom. The van der Waals surface area contributed by atoms with Crippen LogP contribution in [0.25, 0.3) is 16.6 Å². The van der Waals surface area contributed by atoms with Gasteiger partial charge in [-0.25, -0.2) is 4.79 Å². The fourth-order valence-corrected chi connectivity index (χ4v) is 5.09. The Morgan fingerprint density at radius 3 is 2.47 bits per heavy atom. The summed E-state index contributed by atoms with van der Waals surface area (Å²) < 4.78 is 8.50. The molecule has 5 nitrogen and oxygen atoms in total. The molecule has 2 heterocycles. The van der Waals surface area contributed by atoms with Crippen LogP contribution in [-0.4, -0.2) is 34.3 Å². The van der Waals surface area contributed by atoms with Crippen LogP contribution in [0.1, 0.15) is 22.9 Å². The highest BCUT2D eigenvalue weighted by molar-refractivity contribution is 9.10. The number of rotatable bonds is 3. The van der Waals surface area contributed by atoms with Crippen LogP contribution in [0, 0.1) is 0 Å². The molecule has 7 heteroatoms. The van der Waals surface area contributed by atoms with E-state index < -0.39 is 12.1 Å². The summed E-state index contributed by atoms with van der Waals surface area (Å²) in [5.41, 5.74) is 4.99. The lowest BCUT2D eigenvalue weighted by Gasteiger charge is -2.35. The Hall–Kier alpha value is -2.96. The van der Waals surface area contributed by atoms with E-state index in [1.54, 1.807) is 7.11 Å². The lowest BCUT2D eigenvalue weighted by molar-refractivity contribution is 0.128. The number of benzene rings is 3. The van der Waals surface area contributed by atoms with Gasteiger partial charge in [0.05, 0.1) is 18.3 Å². The van der Waals surface area contributed by atoms with Gasteiger partial charge in [0.25, 0.3) is 0 Å². The van der Waals surface area contributed by atoms with E-state index in [2.05, 4.69) is 32.6 Å². The largest absolute Gasteiger partial charge is 0.497 e. The maximum atomic E-state index is 12.3. The molecule has 0 bridgehead atoms. The van der Waals surface area contributed by atoms with Crippen molar-refractivity contribution in [3.05, 3.63) is 93.0 Å². The predicted molar refractivity (Wildman–Crippen MR) is 129 cm³/mol. The molecule has 0 aliphatic carbocycles. The molecule has 3 aromatic carbocycles. The third-order valence-electron chi connectivity index (χ3n) is 6.01. The van der Waals surface area contributed by atoms with Crippen molar-refractivity contribution >= 4 is 44.5 Å². The first-order valence-corrected chi connectivity index (χ1v) is 11.4. The van der Waals surface area contributed by atoms with Crippen LogP contribution in [0.2, 0.25) is 5.02 Å². The fourth-order valence-electron chi connectivity index (χ4n) is 4.61. The van der Waals surface area contributed by atoms with E-state index in [1.165, 1.54) is 4.90 Å². The van der Waals surface area contributed by atoms with Crippen LogP contribution in [0.15, 0.2) is 71.2 Å². The van der Waals surface area contributed by atoms with Crippen molar-refractivity contribution in [1.82, 2.24) is 9.47 Å². The highest BCUT2D eigenvalue weighted by Gasteiger charge is 2.37. The van der Waals surface area contributed by atoms with Crippen molar-refractivity contribution in [3.8, 4) is 11.4 Å². The van der Waals surface area contributed by atoms with E-state index in [0.717, 1.165) is 43.6 Å². The Bertz CT molecular complexity index is 1320. The lowest BCUT2D eigenvalue weighted by atomic mass is 9.92. The number of amides is 1. The van der Waals surface area contributed by atoms with Crippen molar-refractivity contribution < 1.29 is 14.6 Å². The summed E-state index contributed by atoms with van der Waals surface area (Å²) >= 11 is 9.74. The number of ether oxygens (including phenoxy) is 1. The van der Waals surface area contributed by atoms with E-state index in [1.807, 2.05) is 54.6 Å². The number of hydrogen-bond donors (Lipinski definition) is 1. The minimum atomic E-state index is -0.941. The molecule has 1 atom stereocenters. The second kappa shape index (κ2) is 8.19. The van der Waals surface area contributed by atoms with Crippen LogP contribution >= 0.6 is 27.5 Å². The number of carbonyl (C=O) groups is 1. The Labute approximate surface area is 198 Å². The van der Waals surface area contributed by atoms with Crippen LogP contribution in [0.4, 0.5) is 4.79 Å². The number of carboxylic acid groups (broad SMARTS) is 1. The summed E-state index contributed by atoms with van der Waals surface area (Å²) in [5, 5.41) is 11.8. The molecular formula is C25H20BrClN2O3. The maximum Gasteiger partial charge on any atom is 0.408 e. The van der Waals surface area contributed by atoms with Gasteiger partial charge in [-0.2, -0.15) is 0 Å². The van der Waals surface area contributed by atoms with Gasteiger partial charge in [-0.1, -0.05) is 39.7 Å². The van der Waals surface area contributed by atoms with Crippen LogP contribution in [0.5, 0.6) is 5.75 Å². The minimum absolute atomic E-state index is 0.421. The molecule has 162 valence electrons. The second-order valence-corrected chi connectivity index (χ2v) is 9.09. The van der Waals surface area contributed by atoms with Crippen molar-refractivity contribution in [3.63, 3.8) is 0 Å². The van der Waals surface area contributed by atoms with Gasteiger partial charge < -0.3 is 14.4 Å². The van der Waals surface area contributed by atoms with Gasteiger partial charge >= 0.3 is 6.09 Å². The highest BCUT2D eigenvalue weighted by Crippen LogP contribution is 2.43. The molecule has 4 aromatic rings. The van der Waals surface area contributed by atoms with E-state index in [-0.39, 0.29) is 0 Å². The Morgan fingerprint density at radius 2 is 1.81 bits per heavy atom. The monoisotopic (exact) mass is 510 g/mol. The zero-order chi connectivity index (χ0) is 22.4. The molecule has 0 spiro atoms. The molecule has 0 radical (unpaired) electrons. The Balaban J connectivity index is 1.84. The number of fused-ring (bicyclic) bond motifs is 3. The smallest absolute Gasteiger partial charge is 0.408 e. The van der Waals surface area contributed by atoms with Gasteiger partial charge in [0.2, 0.25) is 0 Å². The molecule has 1 aliphatic heterocycles. The number of methoxy groups -OCH3 is 1. The first-order valence-electron chi connectivity index (χ1n) is 10.2. The SMILES string of the molecule is COc1ccc(-n2c3c(c4cc(Br)ccc42)CCN(C(=O)O)[C@H]3c2ccc(Cl)cc2)cc1. The third-order valence-corrected chi connectivity index (χ3v) is 6.76. The first kappa shape index (κ1) is 20.9. The van der Waals surface area contributed by atoms with Crippen molar-refractivity contribution in [2.75, 3.05) is 13.7 Å². The van der Waals surface area contributed by atoms with Gasteiger partial charge in [-0.05, 0) is 72.1 Å². The molecule has 0 unspecified atom stereocenters. The van der Waals surface area contributed by atoms with Gasteiger partial charge in [-0.15, -0.1) is 0 Å². The molecule has 0 saturated heterocycles.